The van der Waals surface area contributed by atoms with Gasteiger partial charge < -0.3 is 4.74 Å². The lowest BCUT2D eigenvalue weighted by atomic mass is 9.84. The number of halogens is 2. The first-order valence-electron chi connectivity index (χ1n) is 7.07. The lowest BCUT2D eigenvalue weighted by Crippen LogP contribution is -2.21. The second-order valence-electron chi connectivity index (χ2n) is 5.24. The van der Waals surface area contributed by atoms with Gasteiger partial charge in [-0.2, -0.15) is 0 Å². The van der Waals surface area contributed by atoms with Gasteiger partial charge in [0.05, 0.1) is 6.10 Å². The molecule has 0 aromatic heterocycles. The first-order valence-corrected chi connectivity index (χ1v) is 8.32. The van der Waals surface area contributed by atoms with Gasteiger partial charge in [-0.05, 0) is 44.4 Å². The summed E-state index contributed by atoms with van der Waals surface area (Å²) in [5.74, 6) is 0.875. The third-order valence-corrected chi connectivity index (χ3v) is 5.07. The molecule has 17 heavy (non-hydrogen) atoms. The minimum absolute atomic E-state index is 0.202. The van der Waals surface area contributed by atoms with Crippen LogP contribution in [0.4, 0.5) is 4.39 Å². The molecule has 0 aliphatic heterocycles. The van der Waals surface area contributed by atoms with E-state index in [1.807, 2.05) is 0 Å². The summed E-state index contributed by atoms with van der Waals surface area (Å²) in [6.45, 7) is 1.65. The Morgan fingerprint density at radius 1 is 1.24 bits per heavy atom. The minimum atomic E-state index is -0.608. The standard InChI is InChI=1S/C14H26FIO/c1-2-4-13(16)6-3-5-12-7-9-14(10-8-12)17-11-15/h12-14H,2-11H2,1H3. The fourth-order valence-electron chi connectivity index (χ4n) is 2.76. The average molecular weight is 356 g/mol. The Kier molecular flexibility index (Phi) is 8.79. The van der Waals surface area contributed by atoms with Crippen LogP contribution in [0.3, 0.4) is 0 Å². The Morgan fingerprint density at radius 3 is 2.53 bits per heavy atom. The number of rotatable bonds is 8. The third-order valence-electron chi connectivity index (χ3n) is 3.82. The van der Waals surface area contributed by atoms with Crippen molar-refractivity contribution in [2.75, 3.05) is 6.86 Å². The summed E-state index contributed by atoms with van der Waals surface area (Å²) in [6, 6.07) is 0. The smallest absolute Gasteiger partial charge is 0.188 e. The Morgan fingerprint density at radius 2 is 1.94 bits per heavy atom. The van der Waals surface area contributed by atoms with Crippen molar-refractivity contribution < 1.29 is 9.13 Å². The van der Waals surface area contributed by atoms with Crippen LogP contribution in [-0.4, -0.2) is 16.9 Å². The second-order valence-corrected chi connectivity index (χ2v) is 7.00. The molecule has 1 saturated carbocycles. The second kappa shape index (κ2) is 9.54. The zero-order valence-corrected chi connectivity index (χ0v) is 13.1. The Hall–Kier alpha value is 0.620. The van der Waals surface area contributed by atoms with Crippen LogP contribution in [0.2, 0.25) is 0 Å². The van der Waals surface area contributed by atoms with Gasteiger partial charge in [0.15, 0.2) is 6.86 Å². The molecule has 0 N–H and O–H groups in total. The van der Waals surface area contributed by atoms with Gasteiger partial charge in [0.2, 0.25) is 0 Å². The van der Waals surface area contributed by atoms with Gasteiger partial charge in [-0.15, -0.1) is 0 Å². The van der Waals surface area contributed by atoms with Crippen LogP contribution in [0.5, 0.6) is 0 Å². The zero-order valence-electron chi connectivity index (χ0n) is 11.0. The maximum Gasteiger partial charge on any atom is 0.188 e. The summed E-state index contributed by atoms with van der Waals surface area (Å²) >= 11 is 2.59. The molecule has 0 radical (unpaired) electrons. The number of ether oxygens (including phenoxy) is 1. The quantitative estimate of drug-likeness (QED) is 0.426. The molecular formula is C14H26FIO. The maximum atomic E-state index is 12.0. The van der Waals surface area contributed by atoms with Crippen molar-refractivity contribution in [2.45, 2.75) is 74.7 Å². The van der Waals surface area contributed by atoms with Crippen LogP contribution in [-0.2, 0) is 4.74 Å². The molecule has 1 fully saturated rings. The Labute approximate surface area is 119 Å². The summed E-state index contributed by atoms with van der Waals surface area (Å²) < 4.78 is 17.9. The molecule has 0 bridgehead atoms. The first-order chi connectivity index (χ1) is 8.26. The summed E-state index contributed by atoms with van der Waals surface area (Å²) in [6.07, 6.45) is 11.6. The lowest BCUT2D eigenvalue weighted by Gasteiger charge is -2.27. The largest absolute Gasteiger partial charge is 0.347 e. The van der Waals surface area contributed by atoms with E-state index in [0.29, 0.717) is 0 Å². The third kappa shape index (κ3) is 6.94. The molecule has 1 nitrogen and oxygen atoms in total. The fraction of sp³-hybridized carbons (Fsp3) is 1.00. The van der Waals surface area contributed by atoms with Crippen LogP contribution in [0.25, 0.3) is 0 Å². The number of alkyl halides is 2. The Bertz CT molecular complexity index is 181. The molecule has 0 saturated heterocycles. The molecule has 1 atom stereocenters. The summed E-state index contributed by atoms with van der Waals surface area (Å²) in [7, 11) is 0. The monoisotopic (exact) mass is 356 g/mol. The zero-order chi connectivity index (χ0) is 12.5. The van der Waals surface area contributed by atoms with E-state index in [1.54, 1.807) is 0 Å². The van der Waals surface area contributed by atoms with Gasteiger partial charge in [-0.1, -0.05) is 48.8 Å². The molecule has 1 aliphatic rings. The van der Waals surface area contributed by atoms with E-state index >= 15 is 0 Å². The van der Waals surface area contributed by atoms with E-state index in [1.165, 1.54) is 44.9 Å². The van der Waals surface area contributed by atoms with E-state index < -0.39 is 6.86 Å². The van der Waals surface area contributed by atoms with Crippen LogP contribution < -0.4 is 0 Å². The van der Waals surface area contributed by atoms with Crippen LogP contribution in [0.1, 0.15) is 64.7 Å². The van der Waals surface area contributed by atoms with Crippen molar-refractivity contribution >= 4 is 22.6 Å². The van der Waals surface area contributed by atoms with Gasteiger partial charge in [0.1, 0.15) is 0 Å². The molecule has 1 aliphatic carbocycles. The molecule has 0 heterocycles. The molecule has 0 aromatic carbocycles. The highest BCUT2D eigenvalue weighted by molar-refractivity contribution is 14.1. The molecule has 1 rings (SSSR count). The predicted octanol–water partition coefficient (Wildman–Crippen LogP) is 5.26. The molecule has 102 valence electrons. The minimum Gasteiger partial charge on any atom is -0.347 e. The topological polar surface area (TPSA) is 9.23 Å². The fourth-order valence-corrected chi connectivity index (χ4v) is 3.83. The number of hydrogen-bond donors (Lipinski definition) is 0. The highest BCUT2D eigenvalue weighted by Gasteiger charge is 2.21. The van der Waals surface area contributed by atoms with Crippen molar-refractivity contribution in [1.82, 2.24) is 0 Å². The van der Waals surface area contributed by atoms with Gasteiger partial charge in [-0.25, -0.2) is 4.39 Å². The van der Waals surface area contributed by atoms with Crippen molar-refractivity contribution in [1.29, 1.82) is 0 Å². The van der Waals surface area contributed by atoms with E-state index in [4.69, 9.17) is 4.74 Å². The SMILES string of the molecule is CCCC(I)CCCC1CCC(OCF)CC1. The Balaban J connectivity index is 2.02. The highest BCUT2D eigenvalue weighted by atomic mass is 127. The lowest BCUT2D eigenvalue weighted by molar-refractivity contribution is -0.0291. The maximum absolute atomic E-state index is 12.0. The van der Waals surface area contributed by atoms with Gasteiger partial charge in [0.25, 0.3) is 0 Å². The summed E-state index contributed by atoms with van der Waals surface area (Å²) in [5.41, 5.74) is 0. The van der Waals surface area contributed by atoms with E-state index in [9.17, 15) is 4.39 Å². The van der Waals surface area contributed by atoms with Crippen LogP contribution in [0.15, 0.2) is 0 Å². The molecule has 3 heteroatoms. The molecule has 0 amide bonds. The van der Waals surface area contributed by atoms with Gasteiger partial charge >= 0.3 is 0 Å². The first kappa shape index (κ1) is 15.7. The number of hydrogen-bond acceptors (Lipinski definition) is 1. The van der Waals surface area contributed by atoms with Crippen molar-refractivity contribution in [3.63, 3.8) is 0 Å². The van der Waals surface area contributed by atoms with E-state index in [2.05, 4.69) is 29.5 Å². The normalized spacial score (nSPS) is 27.0. The molecule has 0 spiro atoms. The molecule has 0 aromatic rings. The van der Waals surface area contributed by atoms with Crippen molar-refractivity contribution in [3.8, 4) is 0 Å². The van der Waals surface area contributed by atoms with Gasteiger partial charge in [-0.3, -0.25) is 0 Å². The van der Waals surface area contributed by atoms with E-state index in [0.717, 1.165) is 22.7 Å². The van der Waals surface area contributed by atoms with Crippen molar-refractivity contribution in [2.24, 2.45) is 5.92 Å². The average Bonchev–Trinajstić information content (AvgIpc) is 2.32. The van der Waals surface area contributed by atoms with Crippen LogP contribution >= 0.6 is 22.6 Å². The van der Waals surface area contributed by atoms with Crippen molar-refractivity contribution in [3.05, 3.63) is 0 Å². The molecule has 1 unspecified atom stereocenters. The van der Waals surface area contributed by atoms with Crippen LogP contribution in [0, 0.1) is 5.92 Å². The molecular weight excluding hydrogens is 330 g/mol. The highest BCUT2D eigenvalue weighted by Crippen LogP contribution is 2.30. The van der Waals surface area contributed by atoms with Gasteiger partial charge in [0, 0.05) is 3.92 Å². The predicted molar refractivity (Wildman–Crippen MR) is 79.4 cm³/mol. The summed E-state index contributed by atoms with van der Waals surface area (Å²) in [4.78, 5) is 0. The summed E-state index contributed by atoms with van der Waals surface area (Å²) in [5, 5.41) is 0. The van der Waals surface area contributed by atoms with E-state index in [-0.39, 0.29) is 6.10 Å².